The highest BCUT2D eigenvalue weighted by atomic mass is 16.5. The van der Waals surface area contributed by atoms with Crippen molar-refractivity contribution in [3.63, 3.8) is 0 Å². The number of carbonyl (C=O) groups is 2. The Labute approximate surface area is 111 Å². The zero-order chi connectivity index (χ0) is 14.4. The molecule has 1 rings (SSSR count). The van der Waals surface area contributed by atoms with Gasteiger partial charge in [0.15, 0.2) is 0 Å². The molecule has 1 aromatic rings. The normalized spacial score (nSPS) is 11.7. The number of nitrogens with zero attached hydrogens (tertiary/aromatic N) is 1. The molecule has 1 heterocycles. The van der Waals surface area contributed by atoms with E-state index in [-0.39, 0.29) is 24.1 Å². The predicted octanol–water partition coefficient (Wildman–Crippen LogP) is 1.24. The summed E-state index contributed by atoms with van der Waals surface area (Å²) >= 11 is 0. The van der Waals surface area contributed by atoms with E-state index in [9.17, 15) is 9.59 Å². The lowest BCUT2D eigenvalue weighted by Crippen LogP contribution is -2.29. The van der Waals surface area contributed by atoms with Gasteiger partial charge in [-0.3, -0.25) is 9.59 Å². The Balaban J connectivity index is 2.66. The quantitative estimate of drug-likeness (QED) is 0.808. The first kappa shape index (κ1) is 14.9. The monoisotopic (exact) mass is 266 g/mol. The summed E-state index contributed by atoms with van der Waals surface area (Å²) in [5.41, 5.74) is 1.10. The zero-order valence-corrected chi connectivity index (χ0v) is 11.3. The Morgan fingerprint density at radius 2 is 2.16 bits per heavy atom. The van der Waals surface area contributed by atoms with Gasteiger partial charge in [-0.2, -0.15) is 0 Å². The zero-order valence-electron chi connectivity index (χ0n) is 11.3. The van der Waals surface area contributed by atoms with E-state index in [2.05, 4.69) is 10.3 Å². The molecule has 0 aromatic carbocycles. The molecule has 6 nitrogen and oxygen atoms in total. The molecule has 0 aliphatic heterocycles. The largest absolute Gasteiger partial charge is 0.481 e. The molecule has 6 heteroatoms. The highest BCUT2D eigenvalue weighted by Crippen LogP contribution is 2.15. The standard InChI is InChI=1S/C13H18N2O4/c1-8(6-11(16)17)7-14-12(18)10-5-4-9(2)15-13(10)19-3/h4-5,8H,6-7H2,1-3H3,(H,14,18)(H,16,17). The summed E-state index contributed by atoms with van der Waals surface area (Å²) in [5, 5.41) is 11.3. The van der Waals surface area contributed by atoms with Crippen molar-refractivity contribution in [1.29, 1.82) is 0 Å². The molecule has 0 radical (unpaired) electrons. The van der Waals surface area contributed by atoms with Crippen LogP contribution in [0.2, 0.25) is 0 Å². The van der Waals surface area contributed by atoms with Crippen LogP contribution >= 0.6 is 0 Å². The molecule has 2 N–H and O–H groups in total. The van der Waals surface area contributed by atoms with Crippen LogP contribution in [-0.4, -0.2) is 35.6 Å². The lowest BCUT2D eigenvalue weighted by Gasteiger charge is -2.12. The number of carboxylic acid groups (broad SMARTS) is 1. The number of carbonyl (C=O) groups excluding carboxylic acids is 1. The van der Waals surface area contributed by atoms with Crippen molar-refractivity contribution in [3.05, 3.63) is 23.4 Å². The fourth-order valence-electron chi connectivity index (χ4n) is 1.59. The van der Waals surface area contributed by atoms with E-state index in [4.69, 9.17) is 9.84 Å². The molecule has 0 fully saturated rings. The van der Waals surface area contributed by atoms with Gasteiger partial charge >= 0.3 is 5.97 Å². The summed E-state index contributed by atoms with van der Waals surface area (Å²) in [6.07, 6.45) is 0.0174. The van der Waals surface area contributed by atoms with Crippen LogP contribution in [-0.2, 0) is 4.79 Å². The van der Waals surface area contributed by atoms with Crippen molar-refractivity contribution in [2.45, 2.75) is 20.3 Å². The lowest BCUT2D eigenvalue weighted by molar-refractivity contribution is -0.137. The number of aliphatic carboxylic acids is 1. The first-order valence-corrected chi connectivity index (χ1v) is 5.95. The second-order valence-electron chi connectivity index (χ2n) is 4.42. The van der Waals surface area contributed by atoms with E-state index in [0.717, 1.165) is 5.69 Å². The molecule has 1 amide bonds. The molecule has 0 bridgehead atoms. The van der Waals surface area contributed by atoms with Crippen LogP contribution in [0.4, 0.5) is 0 Å². The number of ether oxygens (including phenoxy) is 1. The smallest absolute Gasteiger partial charge is 0.303 e. The third-order valence-electron chi connectivity index (χ3n) is 2.57. The fraction of sp³-hybridized carbons (Fsp3) is 0.462. The number of aryl methyl sites for hydroxylation is 1. The van der Waals surface area contributed by atoms with Gasteiger partial charge in [0.2, 0.25) is 5.88 Å². The summed E-state index contributed by atoms with van der Waals surface area (Å²) in [7, 11) is 1.45. The lowest BCUT2D eigenvalue weighted by atomic mass is 10.1. The van der Waals surface area contributed by atoms with Crippen molar-refractivity contribution in [1.82, 2.24) is 10.3 Å². The summed E-state index contributed by atoms with van der Waals surface area (Å²) in [6, 6.07) is 3.36. The maximum absolute atomic E-state index is 11.9. The fourth-order valence-corrected chi connectivity index (χ4v) is 1.59. The Kier molecular flexibility index (Phi) is 5.29. The molecule has 1 atom stereocenters. The third-order valence-corrected chi connectivity index (χ3v) is 2.57. The molecule has 0 saturated carbocycles. The van der Waals surface area contributed by atoms with Crippen LogP contribution in [0.5, 0.6) is 5.88 Å². The van der Waals surface area contributed by atoms with E-state index in [1.165, 1.54) is 7.11 Å². The number of rotatable bonds is 6. The molecule has 19 heavy (non-hydrogen) atoms. The highest BCUT2D eigenvalue weighted by molar-refractivity contribution is 5.96. The van der Waals surface area contributed by atoms with Crippen molar-refractivity contribution in [3.8, 4) is 5.88 Å². The van der Waals surface area contributed by atoms with Crippen LogP contribution in [0.1, 0.15) is 29.4 Å². The third kappa shape index (κ3) is 4.57. The van der Waals surface area contributed by atoms with Crippen LogP contribution in [0.25, 0.3) is 0 Å². The topological polar surface area (TPSA) is 88.5 Å². The SMILES string of the molecule is COc1nc(C)ccc1C(=O)NCC(C)CC(=O)O. The number of pyridine rings is 1. The number of nitrogens with one attached hydrogen (secondary N) is 1. The summed E-state index contributed by atoms with van der Waals surface area (Å²) in [6.45, 7) is 3.86. The molecular formula is C13H18N2O4. The number of amides is 1. The van der Waals surface area contributed by atoms with Gasteiger partial charge in [-0.1, -0.05) is 6.92 Å². The average molecular weight is 266 g/mol. The number of carboxylic acids is 1. The average Bonchev–Trinajstić information content (AvgIpc) is 2.34. The number of hydrogen-bond donors (Lipinski definition) is 2. The van der Waals surface area contributed by atoms with Crippen LogP contribution in [0, 0.1) is 12.8 Å². The number of hydrogen-bond acceptors (Lipinski definition) is 4. The Bertz CT molecular complexity index is 474. The van der Waals surface area contributed by atoms with Gasteiger partial charge < -0.3 is 15.2 Å². The first-order chi connectivity index (χ1) is 8.93. The minimum atomic E-state index is -0.878. The molecule has 1 unspecified atom stereocenters. The Hall–Kier alpha value is -2.11. The first-order valence-electron chi connectivity index (χ1n) is 5.95. The molecule has 0 aliphatic carbocycles. The van der Waals surface area contributed by atoms with Gasteiger partial charge in [-0.25, -0.2) is 4.98 Å². The molecular weight excluding hydrogens is 248 g/mol. The predicted molar refractivity (Wildman–Crippen MR) is 69.3 cm³/mol. The van der Waals surface area contributed by atoms with Crippen LogP contribution in [0.15, 0.2) is 12.1 Å². The van der Waals surface area contributed by atoms with E-state index in [1.54, 1.807) is 26.0 Å². The molecule has 1 aromatic heterocycles. The van der Waals surface area contributed by atoms with Gasteiger partial charge in [0.1, 0.15) is 5.56 Å². The van der Waals surface area contributed by atoms with Crippen molar-refractivity contribution in [2.24, 2.45) is 5.92 Å². The van der Waals surface area contributed by atoms with Crippen molar-refractivity contribution in [2.75, 3.05) is 13.7 Å². The van der Waals surface area contributed by atoms with Gasteiger partial charge in [0.25, 0.3) is 5.91 Å². The van der Waals surface area contributed by atoms with Gasteiger partial charge in [-0.15, -0.1) is 0 Å². The van der Waals surface area contributed by atoms with Crippen molar-refractivity contribution >= 4 is 11.9 Å². The number of methoxy groups -OCH3 is 1. The Morgan fingerprint density at radius 3 is 2.74 bits per heavy atom. The molecule has 104 valence electrons. The molecule has 0 saturated heterocycles. The minimum absolute atomic E-state index is 0.0174. The maximum Gasteiger partial charge on any atom is 0.303 e. The van der Waals surface area contributed by atoms with Gasteiger partial charge in [0.05, 0.1) is 7.11 Å². The maximum atomic E-state index is 11.9. The molecule has 0 aliphatic rings. The van der Waals surface area contributed by atoms with Gasteiger partial charge in [-0.05, 0) is 25.0 Å². The minimum Gasteiger partial charge on any atom is -0.481 e. The summed E-state index contributed by atoms with van der Waals surface area (Å²) < 4.78 is 5.05. The van der Waals surface area contributed by atoms with E-state index in [0.29, 0.717) is 12.1 Å². The second kappa shape index (κ2) is 6.72. The number of aromatic nitrogens is 1. The van der Waals surface area contributed by atoms with Crippen LogP contribution in [0.3, 0.4) is 0 Å². The summed E-state index contributed by atoms with van der Waals surface area (Å²) in [5.74, 6) is -1.06. The second-order valence-corrected chi connectivity index (χ2v) is 4.42. The van der Waals surface area contributed by atoms with E-state index >= 15 is 0 Å². The Morgan fingerprint density at radius 1 is 1.47 bits per heavy atom. The highest BCUT2D eigenvalue weighted by Gasteiger charge is 2.15. The van der Waals surface area contributed by atoms with E-state index in [1.807, 2.05) is 0 Å². The van der Waals surface area contributed by atoms with Crippen molar-refractivity contribution < 1.29 is 19.4 Å². The van der Waals surface area contributed by atoms with Crippen LogP contribution < -0.4 is 10.1 Å². The molecule has 0 spiro atoms. The van der Waals surface area contributed by atoms with E-state index < -0.39 is 5.97 Å². The summed E-state index contributed by atoms with van der Waals surface area (Å²) in [4.78, 5) is 26.6. The van der Waals surface area contributed by atoms with Gasteiger partial charge in [0, 0.05) is 18.7 Å².